The minimum Gasteiger partial charge on any atom is -0.349 e. The SMILES string of the molecule is Cc1ccc(S(=O)(=O)Nc2ccc(C(=O)N[C@H]3C[C@H]4CC[C@@H]3C4)c(Cl)c2)cc1. The normalized spacial score (nSPS) is 23.6. The highest BCUT2D eigenvalue weighted by Gasteiger charge is 2.40. The molecule has 2 bridgehead atoms. The Morgan fingerprint density at radius 2 is 1.82 bits per heavy atom. The smallest absolute Gasteiger partial charge is 0.261 e. The molecule has 0 aromatic heterocycles. The Bertz CT molecular complexity index is 1000. The number of rotatable bonds is 5. The highest BCUT2D eigenvalue weighted by atomic mass is 35.5. The van der Waals surface area contributed by atoms with E-state index < -0.39 is 10.0 Å². The number of sulfonamides is 1. The van der Waals surface area contributed by atoms with Gasteiger partial charge in [-0.1, -0.05) is 35.7 Å². The summed E-state index contributed by atoms with van der Waals surface area (Å²) in [6, 6.07) is 11.4. The molecule has 0 unspecified atom stereocenters. The lowest BCUT2D eigenvalue weighted by atomic mass is 9.95. The van der Waals surface area contributed by atoms with Crippen molar-refractivity contribution in [1.29, 1.82) is 0 Å². The van der Waals surface area contributed by atoms with Crippen molar-refractivity contribution in [3.05, 3.63) is 58.6 Å². The van der Waals surface area contributed by atoms with Gasteiger partial charge in [0, 0.05) is 6.04 Å². The molecular formula is C21H23ClN2O3S. The Balaban J connectivity index is 1.46. The van der Waals surface area contributed by atoms with Gasteiger partial charge in [0.05, 0.1) is 21.2 Å². The number of carbonyl (C=O) groups is 1. The molecule has 2 saturated carbocycles. The van der Waals surface area contributed by atoms with Gasteiger partial charge in [-0.3, -0.25) is 9.52 Å². The molecule has 2 aromatic rings. The molecule has 2 aliphatic carbocycles. The summed E-state index contributed by atoms with van der Waals surface area (Å²) in [6.07, 6.45) is 4.71. The van der Waals surface area contributed by atoms with Crippen molar-refractivity contribution < 1.29 is 13.2 Å². The Morgan fingerprint density at radius 1 is 1.07 bits per heavy atom. The van der Waals surface area contributed by atoms with Crippen molar-refractivity contribution in [3.63, 3.8) is 0 Å². The van der Waals surface area contributed by atoms with E-state index in [0.717, 1.165) is 17.9 Å². The molecule has 0 saturated heterocycles. The Labute approximate surface area is 170 Å². The average Bonchev–Trinajstić information content (AvgIpc) is 3.24. The van der Waals surface area contributed by atoms with Gasteiger partial charge < -0.3 is 5.32 Å². The summed E-state index contributed by atoms with van der Waals surface area (Å²) < 4.78 is 27.5. The second kappa shape index (κ2) is 7.41. The first-order valence-electron chi connectivity index (χ1n) is 9.52. The molecule has 0 radical (unpaired) electrons. The fraction of sp³-hybridized carbons (Fsp3) is 0.381. The lowest BCUT2D eigenvalue weighted by Gasteiger charge is -2.23. The van der Waals surface area contributed by atoms with Crippen molar-refractivity contribution >= 4 is 33.2 Å². The maximum Gasteiger partial charge on any atom is 0.261 e. The molecule has 1 amide bonds. The third kappa shape index (κ3) is 3.89. The average molecular weight is 419 g/mol. The predicted molar refractivity (Wildman–Crippen MR) is 110 cm³/mol. The molecule has 2 fully saturated rings. The van der Waals surface area contributed by atoms with Gasteiger partial charge in [-0.2, -0.15) is 0 Å². The van der Waals surface area contributed by atoms with Crippen LogP contribution in [0.4, 0.5) is 5.69 Å². The number of nitrogens with one attached hydrogen (secondary N) is 2. The van der Waals surface area contributed by atoms with Crippen LogP contribution in [-0.2, 0) is 10.0 Å². The van der Waals surface area contributed by atoms with Gasteiger partial charge in [-0.25, -0.2) is 8.42 Å². The number of anilines is 1. The molecular weight excluding hydrogens is 396 g/mol. The van der Waals surface area contributed by atoms with E-state index in [0.29, 0.717) is 17.2 Å². The molecule has 4 rings (SSSR count). The lowest BCUT2D eigenvalue weighted by molar-refractivity contribution is 0.0923. The van der Waals surface area contributed by atoms with Gasteiger partial charge in [0.1, 0.15) is 0 Å². The first-order chi connectivity index (χ1) is 13.3. The van der Waals surface area contributed by atoms with Gasteiger partial charge >= 0.3 is 0 Å². The standard InChI is InChI=1S/C21H23ClN2O3S/c1-13-2-7-17(8-3-13)28(26,27)24-16-6-9-18(19(22)12-16)21(25)23-20-11-14-4-5-15(20)10-14/h2-3,6-9,12,14-15,20,24H,4-5,10-11H2,1H3,(H,23,25)/t14-,15+,20-/m0/s1. The van der Waals surface area contributed by atoms with Gasteiger partial charge in [0.2, 0.25) is 0 Å². The molecule has 5 nitrogen and oxygen atoms in total. The molecule has 3 atom stereocenters. The zero-order chi connectivity index (χ0) is 19.9. The van der Waals surface area contributed by atoms with Crippen LogP contribution >= 0.6 is 11.6 Å². The number of amides is 1. The fourth-order valence-corrected chi connectivity index (χ4v) is 5.68. The van der Waals surface area contributed by atoms with Gasteiger partial charge in [-0.15, -0.1) is 0 Å². The number of carbonyl (C=O) groups excluding carboxylic acids is 1. The molecule has 2 aliphatic rings. The number of fused-ring (bicyclic) bond motifs is 2. The van der Waals surface area contributed by atoms with Gasteiger partial charge in [0.25, 0.3) is 15.9 Å². The maximum absolute atomic E-state index is 12.6. The summed E-state index contributed by atoms with van der Waals surface area (Å²) >= 11 is 6.29. The van der Waals surface area contributed by atoms with E-state index in [4.69, 9.17) is 11.6 Å². The Kier molecular flexibility index (Phi) is 5.10. The second-order valence-corrected chi connectivity index (χ2v) is 9.96. The maximum atomic E-state index is 12.6. The quantitative estimate of drug-likeness (QED) is 0.757. The molecule has 0 aliphatic heterocycles. The minimum atomic E-state index is -3.71. The zero-order valence-corrected chi connectivity index (χ0v) is 17.2. The van der Waals surface area contributed by atoms with Gasteiger partial charge in [-0.05, 0) is 68.4 Å². The van der Waals surface area contributed by atoms with E-state index in [1.165, 1.54) is 25.3 Å². The summed E-state index contributed by atoms with van der Waals surface area (Å²) in [5.74, 6) is 1.12. The molecule has 148 valence electrons. The highest BCUT2D eigenvalue weighted by Crippen LogP contribution is 2.44. The Hall–Kier alpha value is -2.05. The van der Waals surface area contributed by atoms with Crippen LogP contribution in [0.1, 0.15) is 41.6 Å². The third-order valence-electron chi connectivity index (χ3n) is 5.85. The predicted octanol–water partition coefficient (Wildman–Crippen LogP) is 4.37. The van der Waals surface area contributed by atoms with E-state index in [1.54, 1.807) is 36.4 Å². The molecule has 2 aromatic carbocycles. The number of aryl methyl sites for hydroxylation is 1. The van der Waals surface area contributed by atoms with E-state index in [-0.39, 0.29) is 21.9 Å². The highest BCUT2D eigenvalue weighted by molar-refractivity contribution is 7.92. The largest absolute Gasteiger partial charge is 0.349 e. The number of halogens is 1. The molecule has 0 spiro atoms. The second-order valence-electron chi connectivity index (χ2n) is 7.87. The number of hydrogen-bond acceptors (Lipinski definition) is 3. The van der Waals surface area contributed by atoms with Crippen LogP contribution in [0.3, 0.4) is 0 Å². The van der Waals surface area contributed by atoms with Crippen molar-refractivity contribution in [3.8, 4) is 0 Å². The van der Waals surface area contributed by atoms with Gasteiger partial charge in [0.15, 0.2) is 0 Å². The summed E-state index contributed by atoms with van der Waals surface area (Å²) in [7, 11) is -3.71. The molecule has 28 heavy (non-hydrogen) atoms. The third-order valence-corrected chi connectivity index (χ3v) is 7.56. The summed E-state index contributed by atoms with van der Waals surface area (Å²) in [4.78, 5) is 12.8. The number of hydrogen-bond donors (Lipinski definition) is 2. The van der Waals surface area contributed by atoms with E-state index in [2.05, 4.69) is 10.0 Å². The van der Waals surface area contributed by atoms with Crippen molar-refractivity contribution in [1.82, 2.24) is 5.32 Å². The fourth-order valence-electron chi connectivity index (χ4n) is 4.36. The van der Waals surface area contributed by atoms with Crippen LogP contribution in [0.5, 0.6) is 0 Å². The lowest BCUT2D eigenvalue weighted by Crippen LogP contribution is -2.38. The summed E-state index contributed by atoms with van der Waals surface area (Å²) in [6.45, 7) is 1.89. The Morgan fingerprint density at radius 3 is 2.43 bits per heavy atom. The monoisotopic (exact) mass is 418 g/mol. The van der Waals surface area contributed by atoms with Crippen LogP contribution in [0.15, 0.2) is 47.4 Å². The van der Waals surface area contributed by atoms with Crippen LogP contribution in [0.25, 0.3) is 0 Å². The van der Waals surface area contributed by atoms with Crippen LogP contribution < -0.4 is 10.0 Å². The molecule has 7 heteroatoms. The van der Waals surface area contributed by atoms with Crippen molar-refractivity contribution in [2.75, 3.05) is 4.72 Å². The molecule has 2 N–H and O–H groups in total. The number of benzene rings is 2. The summed E-state index contributed by atoms with van der Waals surface area (Å²) in [5, 5.41) is 3.33. The van der Waals surface area contributed by atoms with Crippen LogP contribution in [0.2, 0.25) is 5.02 Å². The topological polar surface area (TPSA) is 75.3 Å². The zero-order valence-electron chi connectivity index (χ0n) is 15.6. The van der Waals surface area contributed by atoms with Crippen LogP contribution in [-0.4, -0.2) is 20.4 Å². The first kappa shape index (κ1) is 19.3. The summed E-state index contributed by atoms with van der Waals surface area (Å²) in [5.41, 5.74) is 1.66. The van der Waals surface area contributed by atoms with Crippen LogP contribution in [0, 0.1) is 18.8 Å². The molecule has 0 heterocycles. The van der Waals surface area contributed by atoms with E-state index in [1.807, 2.05) is 6.92 Å². The van der Waals surface area contributed by atoms with Crippen molar-refractivity contribution in [2.45, 2.75) is 43.5 Å². The van der Waals surface area contributed by atoms with Crippen molar-refractivity contribution in [2.24, 2.45) is 11.8 Å². The van der Waals surface area contributed by atoms with E-state index >= 15 is 0 Å². The van der Waals surface area contributed by atoms with E-state index in [9.17, 15) is 13.2 Å². The first-order valence-corrected chi connectivity index (χ1v) is 11.4. The minimum absolute atomic E-state index is 0.173.